The van der Waals surface area contributed by atoms with Crippen molar-refractivity contribution in [2.45, 2.75) is 20.8 Å². The van der Waals surface area contributed by atoms with Crippen LogP contribution in [0.1, 0.15) is 20.8 Å². The van der Waals surface area contributed by atoms with Crippen molar-refractivity contribution in [2.24, 2.45) is 0 Å². The second-order valence-corrected chi connectivity index (χ2v) is 4.26. The van der Waals surface area contributed by atoms with Gasteiger partial charge >= 0.3 is 0 Å². The minimum absolute atomic E-state index is 0.238. The van der Waals surface area contributed by atoms with E-state index < -0.39 is 5.82 Å². The van der Waals surface area contributed by atoms with Crippen molar-refractivity contribution in [3.05, 3.63) is 17.9 Å². The SMILES string of the molecule is CCOc1cc(NCCN(CC)CC)c(N)cc1F. The van der Waals surface area contributed by atoms with Crippen molar-refractivity contribution in [1.29, 1.82) is 0 Å². The third-order valence-electron chi connectivity index (χ3n) is 3.04. The van der Waals surface area contributed by atoms with Crippen LogP contribution >= 0.6 is 0 Å². The lowest BCUT2D eigenvalue weighted by Gasteiger charge is -2.19. The van der Waals surface area contributed by atoms with E-state index in [1.165, 1.54) is 6.07 Å². The van der Waals surface area contributed by atoms with E-state index in [0.717, 1.165) is 31.9 Å². The Balaban J connectivity index is 2.64. The fourth-order valence-corrected chi connectivity index (χ4v) is 1.88. The smallest absolute Gasteiger partial charge is 0.167 e. The first-order valence-electron chi connectivity index (χ1n) is 6.80. The number of halogens is 1. The van der Waals surface area contributed by atoms with Crippen molar-refractivity contribution in [3.63, 3.8) is 0 Å². The van der Waals surface area contributed by atoms with Crippen molar-refractivity contribution in [3.8, 4) is 5.75 Å². The molecule has 0 aliphatic rings. The Morgan fingerprint density at radius 1 is 1.26 bits per heavy atom. The van der Waals surface area contributed by atoms with E-state index >= 15 is 0 Å². The van der Waals surface area contributed by atoms with Gasteiger partial charge in [0.05, 0.1) is 18.0 Å². The molecule has 0 saturated heterocycles. The fraction of sp³-hybridized carbons (Fsp3) is 0.571. The molecule has 0 unspecified atom stereocenters. The van der Waals surface area contributed by atoms with Gasteiger partial charge in [0.25, 0.3) is 0 Å². The number of nitrogens with zero attached hydrogens (tertiary/aromatic N) is 1. The molecule has 1 aromatic carbocycles. The molecule has 108 valence electrons. The van der Waals surface area contributed by atoms with Gasteiger partial charge in [0.2, 0.25) is 0 Å². The van der Waals surface area contributed by atoms with Gasteiger partial charge in [0.15, 0.2) is 11.6 Å². The summed E-state index contributed by atoms with van der Waals surface area (Å²) >= 11 is 0. The molecule has 1 rings (SSSR count). The summed E-state index contributed by atoms with van der Waals surface area (Å²) in [5.74, 6) is -0.185. The zero-order chi connectivity index (χ0) is 14.3. The number of likely N-dealkylation sites (N-methyl/N-ethyl adjacent to an activating group) is 1. The maximum atomic E-state index is 13.5. The Labute approximate surface area is 114 Å². The second kappa shape index (κ2) is 7.84. The average Bonchev–Trinajstić information content (AvgIpc) is 2.39. The third-order valence-corrected chi connectivity index (χ3v) is 3.04. The normalized spacial score (nSPS) is 10.8. The molecular weight excluding hydrogens is 245 g/mol. The molecule has 0 saturated carbocycles. The first-order chi connectivity index (χ1) is 9.12. The predicted molar refractivity (Wildman–Crippen MR) is 78.3 cm³/mol. The first kappa shape index (κ1) is 15.6. The van der Waals surface area contributed by atoms with Crippen LogP contribution in [0.4, 0.5) is 15.8 Å². The number of nitrogens with one attached hydrogen (secondary N) is 1. The molecule has 0 heterocycles. The number of anilines is 2. The van der Waals surface area contributed by atoms with Gasteiger partial charge in [-0.2, -0.15) is 0 Å². The Kier molecular flexibility index (Phi) is 6.42. The molecule has 0 spiro atoms. The van der Waals surface area contributed by atoms with E-state index in [0.29, 0.717) is 12.3 Å². The van der Waals surface area contributed by atoms with Gasteiger partial charge in [-0.1, -0.05) is 13.8 Å². The number of nitrogen functional groups attached to an aromatic ring is 1. The number of rotatable bonds is 8. The van der Waals surface area contributed by atoms with Gasteiger partial charge in [-0.25, -0.2) is 4.39 Å². The van der Waals surface area contributed by atoms with Crippen LogP contribution in [0, 0.1) is 5.82 Å². The van der Waals surface area contributed by atoms with Crippen molar-refractivity contribution in [1.82, 2.24) is 4.90 Å². The summed E-state index contributed by atoms with van der Waals surface area (Å²) < 4.78 is 18.8. The third kappa shape index (κ3) is 4.59. The molecular formula is C14H24FN3O. The van der Waals surface area contributed by atoms with E-state index in [4.69, 9.17) is 10.5 Å². The number of nitrogens with two attached hydrogens (primary N) is 1. The van der Waals surface area contributed by atoms with Crippen LogP contribution in [-0.2, 0) is 0 Å². The van der Waals surface area contributed by atoms with Crippen LogP contribution in [0.5, 0.6) is 5.75 Å². The average molecular weight is 269 g/mol. The highest BCUT2D eigenvalue weighted by atomic mass is 19.1. The zero-order valence-electron chi connectivity index (χ0n) is 12.0. The van der Waals surface area contributed by atoms with Crippen LogP contribution in [-0.4, -0.2) is 37.7 Å². The van der Waals surface area contributed by atoms with E-state index in [1.54, 1.807) is 6.07 Å². The van der Waals surface area contributed by atoms with Crippen LogP contribution in [0.3, 0.4) is 0 Å². The molecule has 0 atom stereocenters. The summed E-state index contributed by atoms with van der Waals surface area (Å²) in [6.07, 6.45) is 0. The van der Waals surface area contributed by atoms with Crippen molar-refractivity contribution in [2.75, 3.05) is 43.8 Å². The summed E-state index contributed by atoms with van der Waals surface area (Å²) in [5.41, 5.74) is 6.92. The molecule has 0 aromatic heterocycles. The quantitative estimate of drug-likeness (QED) is 0.712. The maximum Gasteiger partial charge on any atom is 0.167 e. The highest BCUT2D eigenvalue weighted by molar-refractivity contribution is 5.68. The van der Waals surface area contributed by atoms with Crippen LogP contribution in [0.15, 0.2) is 12.1 Å². The van der Waals surface area contributed by atoms with E-state index in [9.17, 15) is 4.39 Å². The number of ether oxygens (including phenoxy) is 1. The van der Waals surface area contributed by atoms with E-state index in [2.05, 4.69) is 24.1 Å². The summed E-state index contributed by atoms with van der Waals surface area (Å²) in [6.45, 7) is 10.2. The lowest BCUT2D eigenvalue weighted by atomic mass is 10.2. The summed E-state index contributed by atoms with van der Waals surface area (Å²) in [4.78, 5) is 2.30. The van der Waals surface area contributed by atoms with Crippen molar-refractivity contribution < 1.29 is 9.13 Å². The Hall–Kier alpha value is -1.49. The summed E-state index contributed by atoms with van der Waals surface area (Å²) in [7, 11) is 0. The lowest BCUT2D eigenvalue weighted by Crippen LogP contribution is -2.28. The number of hydrogen-bond acceptors (Lipinski definition) is 4. The molecule has 0 radical (unpaired) electrons. The molecule has 3 N–H and O–H groups in total. The largest absolute Gasteiger partial charge is 0.491 e. The summed E-state index contributed by atoms with van der Waals surface area (Å²) in [6, 6.07) is 2.92. The monoisotopic (exact) mass is 269 g/mol. The first-order valence-corrected chi connectivity index (χ1v) is 6.80. The standard InChI is InChI=1S/C14H24FN3O/c1-4-18(5-2)8-7-17-13-10-14(19-6-3)11(15)9-12(13)16/h9-10,17H,4-8,16H2,1-3H3. The second-order valence-electron chi connectivity index (χ2n) is 4.26. The number of benzene rings is 1. The molecule has 1 aromatic rings. The van der Waals surface area contributed by atoms with E-state index in [-0.39, 0.29) is 5.75 Å². The maximum absolute atomic E-state index is 13.5. The molecule has 0 fully saturated rings. The Bertz CT molecular complexity index is 395. The van der Waals surface area contributed by atoms with Gasteiger partial charge in [-0.05, 0) is 20.0 Å². The molecule has 0 bridgehead atoms. The van der Waals surface area contributed by atoms with Crippen molar-refractivity contribution >= 4 is 11.4 Å². The molecule has 0 aliphatic heterocycles. The van der Waals surface area contributed by atoms with Crippen LogP contribution in [0.25, 0.3) is 0 Å². The van der Waals surface area contributed by atoms with Gasteiger partial charge in [0.1, 0.15) is 0 Å². The molecule has 19 heavy (non-hydrogen) atoms. The molecule has 0 amide bonds. The van der Waals surface area contributed by atoms with Crippen LogP contribution in [0.2, 0.25) is 0 Å². The molecule has 0 aliphatic carbocycles. The topological polar surface area (TPSA) is 50.5 Å². The van der Waals surface area contributed by atoms with Crippen LogP contribution < -0.4 is 15.8 Å². The van der Waals surface area contributed by atoms with Gasteiger partial charge in [0, 0.05) is 25.2 Å². The van der Waals surface area contributed by atoms with Gasteiger partial charge < -0.3 is 20.7 Å². The Morgan fingerprint density at radius 3 is 2.53 bits per heavy atom. The highest BCUT2D eigenvalue weighted by Gasteiger charge is 2.09. The van der Waals surface area contributed by atoms with Gasteiger partial charge in [-0.3, -0.25) is 0 Å². The van der Waals surface area contributed by atoms with E-state index in [1.807, 2.05) is 6.92 Å². The zero-order valence-corrected chi connectivity index (χ0v) is 12.0. The Morgan fingerprint density at radius 2 is 1.95 bits per heavy atom. The fourth-order valence-electron chi connectivity index (χ4n) is 1.88. The highest BCUT2D eigenvalue weighted by Crippen LogP contribution is 2.28. The minimum atomic E-state index is -0.423. The summed E-state index contributed by atoms with van der Waals surface area (Å²) in [5, 5.41) is 3.22. The molecule has 5 heteroatoms. The number of hydrogen-bond donors (Lipinski definition) is 2. The van der Waals surface area contributed by atoms with Gasteiger partial charge in [-0.15, -0.1) is 0 Å². The predicted octanol–water partition coefficient (Wildman–Crippen LogP) is 2.56. The molecule has 4 nitrogen and oxygen atoms in total. The minimum Gasteiger partial charge on any atom is -0.491 e. The lowest BCUT2D eigenvalue weighted by molar-refractivity contribution is 0.315.